The summed E-state index contributed by atoms with van der Waals surface area (Å²) in [6.45, 7) is 1.06. The van der Waals surface area contributed by atoms with Crippen LogP contribution in [0.5, 0.6) is 5.75 Å². The first-order valence-electron chi connectivity index (χ1n) is 4.56. The van der Waals surface area contributed by atoms with Crippen molar-refractivity contribution in [2.75, 3.05) is 13.2 Å². The van der Waals surface area contributed by atoms with Gasteiger partial charge in [-0.15, -0.1) is 0 Å². The van der Waals surface area contributed by atoms with Gasteiger partial charge in [0, 0.05) is 13.6 Å². The molecule has 2 N–H and O–H groups in total. The molecule has 0 fully saturated rings. The number of aromatic nitrogens is 2. The number of nitrogens with zero attached hydrogens (tertiary/aromatic N) is 2. The Morgan fingerprint density at radius 3 is 3.14 bits per heavy atom. The Labute approximate surface area is 82.3 Å². The second kappa shape index (κ2) is 3.67. The third-order valence-electron chi connectivity index (χ3n) is 2.13. The largest absolute Gasteiger partial charge is 0.492 e. The lowest BCUT2D eigenvalue weighted by molar-refractivity contribution is 0.332. The average Bonchev–Trinajstić information content (AvgIpc) is 2.58. The van der Waals surface area contributed by atoms with E-state index in [0.29, 0.717) is 13.2 Å². The van der Waals surface area contributed by atoms with Crippen molar-refractivity contribution in [2.45, 2.75) is 0 Å². The van der Waals surface area contributed by atoms with E-state index in [4.69, 9.17) is 10.5 Å². The highest BCUT2D eigenvalue weighted by Crippen LogP contribution is 2.24. The first-order valence-corrected chi connectivity index (χ1v) is 4.56. The van der Waals surface area contributed by atoms with E-state index in [1.807, 2.05) is 29.9 Å². The second-order valence-corrected chi connectivity index (χ2v) is 3.09. The molecule has 0 atom stereocenters. The molecular weight excluding hydrogens is 178 g/mol. The van der Waals surface area contributed by atoms with Crippen molar-refractivity contribution in [1.82, 2.24) is 9.78 Å². The predicted molar refractivity (Wildman–Crippen MR) is 55.3 cm³/mol. The van der Waals surface area contributed by atoms with Gasteiger partial charge < -0.3 is 10.5 Å². The molecule has 1 aromatic heterocycles. The normalized spacial score (nSPS) is 10.7. The van der Waals surface area contributed by atoms with E-state index in [1.54, 1.807) is 6.20 Å². The van der Waals surface area contributed by atoms with Crippen molar-refractivity contribution in [3.63, 3.8) is 0 Å². The molecule has 0 spiro atoms. The quantitative estimate of drug-likeness (QED) is 0.784. The van der Waals surface area contributed by atoms with Gasteiger partial charge in [0.05, 0.1) is 17.1 Å². The smallest absolute Gasteiger partial charge is 0.130 e. The zero-order valence-corrected chi connectivity index (χ0v) is 8.10. The molecule has 1 aromatic carbocycles. The minimum absolute atomic E-state index is 0.524. The molecule has 0 aliphatic rings. The van der Waals surface area contributed by atoms with Gasteiger partial charge in [-0.05, 0) is 12.1 Å². The average molecular weight is 191 g/mol. The number of rotatable bonds is 3. The Morgan fingerprint density at radius 1 is 1.50 bits per heavy atom. The summed E-state index contributed by atoms with van der Waals surface area (Å²) in [6.07, 6.45) is 1.81. The molecule has 0 saturated carbocycles. The Bertz CT molecular complexity index is 436. The Hall–Kier alpha value is -1.55. The molecule has 0 radical (unpaired) electrons. The van der Waals surface area contributed by atoms with Crippen LogP contribution in [0.2, 0.25) is 0 Å². The Kier molecular flexibility index (Phi) is 2.37. The number of benzene rings is 1. The molecule has 0 aliphatic heterocycles. The molecule has 0 amide bonds. The molecule has 0 bridgehead atoms. The fraction of sp³-hybridized carbons (Fsp3) is 0.300. The fourth-order valence-corrected chi connectivity index (χ4v) is 1.45. The van der Waals surface area contributed by atoms with Crippen molar-refractivity contribution in [3.8, 4) is 5.75 Å². The van der Waals surface area contributed by atoms with E-state index in [2.05, 4.69) is 5.10 Å². The second-order valence-electron chi connectivity index (χ2n) is 3.09. The van der Waals surface area contributed by atoms with Crippen molar-refractivity contribution < 1.29 is 4.74 Å². The first kappa shape index (κ1) is 9.02. The van der Waals surface area contributed by atoms with Crippen LogP contribution in [0.15, 0.2) is 24.4 Å². The Morgan fingerprint density at radius 2 is 2.36 bits per heavy atom. The van der Waals surface area contributed by atoms with Gasteiger partial charge in [-0.25, -0.2) is 0 Å². The predicted octanol–water partition coefficient (Wildman–Crippen LogP) is 0.911. The highest BCUT2D eigenvalue weighted by atomic mass is 16.5. The highest BCUT2D eigenvalue weighted by Gasteiger charge is 2.04. The van der Waals surface area contributed by atoms with Gasteiger partial charge in [-0.2, -0.15) is 5.10 Å². The van der Waals surface area contributed by atoms with Crippen LogP contribution in [0.1, 0.15) is 0 Å². The minimum Gasteiger partial charge on any atom is -0.492 e. The standard InChI is InChI=1S/C10H13N3O/c1-13-9-3-2-4-10(14-6-5-11)8(9)7-12-13/h2-4,7H,5-6,11H2,1H3. The van der Waals surface area contributed by atoms with Crippen LogP contribution in [0.25, 0.3) is 10.9 Å². The third-order valence-corrected chi connectivity index (χ3v) is 2.13. The topological polar surface area (TPSA) is 53.1 Å². The number of hydrogen-bond acceptors (Lipinski definition) is 3. The van der Waals surface area contributed by atoms with E-state index in [9.17, 15) is 0 Å². The Balaban J connectivity index is 2.44. The maximum atomic E-state index is 5.50. The maximum Gasteiger partial charge on any atom is 0.130 e. The van der Waals surface area contributed by atoms with Crippen LogP contribution in [0.4, 0.5) is 0 Å². The van der Waals surface area contributed by atoms with Gasteiger partial charge in [0.1, 0.15) is 12.4 Å². The molecule has 1 heterocycles. The molecule has 0 saturated heterocycles. The van der Waals surface area contributed by atoms with Gasteiger partial charge in [0.15, 0.2) is 0 Å². The van der Waals surface area contributed by atoms with Gasteiger partial charge in [0.2, 0.25) is 0 Å². The summed E-state index contributed by atoms with van der Waals surface area (Å²) in [6, 6.07) is 5.90. The number of nitrogens with two attached hydrogens (primary N) is 1. The van der Waals surface area contributed by atoms with Crippen molar-refractivity contribution in [3.05, 3.63) is 24.4 Å². The van der Waals surface area contributed by atoms with Gasteiger partial charge in [0.25, 0.3) is 0 Å². The van der Waals surface area contributed by atoms with E-state index >= 15 is 0 Å². The van der Waals surface area contributed by atoms with Crippen LogP contribution >= 0.6 is 0 Å². The van der Waals surface area contributed by atoms with Crippen molar-refractivity contribution in [1.29, 1.82) is 0 Å². The third kappa shape index (κ3) is 1.44. The number of hydrogen-bond donors (Lipinski definition) is 1. The van der Waals surface area contributed by atoms with Crippen LogP contribution < -0.4 is 10.5 Å². The zero-order valence-electron chi connectivity index (χ0n) is 8.10. The summed E-state index contributed by atoms with van der Waals surface area (Å²) in [5.74, 6) is 0.848. The monoisotopic (exact) mass is 191 g/mol. The summed E-state index contributed by atoms with van der Waals surface area (Å²) in [5, 5.41) is 5.20. The summed E-state index contributed by atoms with van der Waals surface area (Å²) in [4.78, 5) is 0. The molecule has 0 unspecified atom stereocenters. The summed E-state index contributed by atoms with van der Waals surface area (Å²) in [5.41, 5.74) is 6.45. The van der Waals surface area contributed by atoms with Gasteiger partial charge in [-0.1, -0.05) is 6.07 Å². The zero-order chi connectivity index (χ0) is 9.97. The van der Waals surface area contributed by atoms with E-state index in [-0.39, 0.29) is 0 Å². The lowest BCUT2D eigenvalue weighted by Crippen LogP contribution is -2.10. The van der Waals surface area contributed by atoms with Crippen molar-refractivity contribution in [2.24, 2.45) is 12.8 Å². The lowest BCUT2D eigenvalue weighted by atomic mass is 10.2. The lowest BCUT2D eigenvalue weighted by Gasteiger charge is -2.05. The molecule has 4 nitrogen and oxygen atoms in total. The molecule has 2 aromatic rings. The molecule has 74 valence electrons. The molecule has 2 rings (SSSR count). The van der Waals surface area contributed by atoms with E-state index < -0.39 is 0 Å². The number of fused-ring (bicyclic) bond motifs is 1. The van der Waals surface area contributed by atoms with Crippen LogP contribution in [-0.4, -0.2) is 22.9 Å². The van der Waals surface area contributed by atoms with Crippen molar-refractivity contribution >= 4 is 10.9 Å². The molecular formula is C10H13N3O. The minimum atomic E-state index is 0.524. The molecule has 0 aliphatic carbocycles. The van der Waals surface area contributed by atoms with E-state index in [0.717, 1.165) is 16.7 Å². The SMILES string of the molecule is Cn1ncc2c(OCCN)cccc21. The van der Waals surface area contributed by atoms with Gasteiger partial charge >= 0.3 is 0 Å². The van der Waals surface area contributed by atoms with E-state index in [1.165, 1.54) is 0 Å². The first-order chi connectivity index (χ1) is 6.83. The van der Waals surface area contributed by atoms with Crippen LogP contribution in [-0.2, 0) is 7.05 Å². The maximum absolute atomic E-state index is 5.50. The molecule has 14 heavy (non-hydrogen) atoms. The number of aryl methyl sites for hydroxylation is 1. The summed E-state index contributed by atoms with van der Waals surface area (Å²) >= 11 is 0. The summed E-state index contributed by atoms with van der Waals surface area (Å²) in [7, 11) is 1.91. The highest BCUT2D eigenvalue weighted by molar-refractivity contribution is 5.85. The van der Waals surface area contributed by atoms with Gasteiger partial charge in [-0.3, -0.25) is 4.68 Å². The fourth-order valence-electron chi connectivity index (χ4n) is 1.45. The van der Waals surface area contributed by atoms with Crippen LogP contribution in [0.3, 0.4) is 0 Å². The summed E-state index contributed by atoms with van der Waals surface area (Å²) < 4.78 is 7.33. The molecule has 4 heteroatoms. The van der Waals surface area contributed by atoms with Crippen LogP contribution in [0, 0.1) is 0 Å². The number of ether oxygens (including phenoxy) is 1.